The number of benzene rings is 1. The molecular weight excluding hydrogens is 324 g/mol. The van der Waals surface area contributed by atoms with E-state index in [0.29, 0.717) is 11.4 Å². The summed E-state index contributed by atoms with van der Waals surface area (Å²) >= 11 is 3.37. The van der Waals surface area contributed by atoms with Gasteiger partial charge in [0, 0.05) is 17.8 Å². The minimum atomic E-state index is -0.226. The summed E-state index contributed by atoms with van der Waals surface area (Å²) in [7, 11) is 1.58. The van der Waals surface area contributed by atoms with E-state index < -0.39 is 0 Å². The van der Waals surface area contributed by atoms with Gasteiger partial charge in [-0.15, -0.1) is 0 Å². The highest BCUT2D eigenvalue weighted by atomic mass is 79.9. The summed E-state index contributed by atoms with van der Waals surface area (Å²) in [5, 5.41) is 15.1. The van der Waals surface area contributed by atoms with Gasteiger partial charge in [0.25, 0.3) is 0 Å². The topological polar surface area (TPSA) is 70.6 Å². The zero-order valence-corrected chi connectivity index (χ0v) is 12.9. The molecule has 0 unspecified atom stereocenters. The van der Waals surface area contributed by atoms with Crippen LogP contribution < -0.4 is 15.4 Å². The van der Waals surface area contributed by atoms with Crippen LogP contribution in [0.3, 0.4) is 0 Å². The van der Waals surface area contributed by atoms with Crippen LogP contribution in [0.1, 0.15) is 25.7 Å². The highest BCUT2D eigenvalue weighted by molar-refractivity contribution is 9.10. The van der Waals surface area contributed by atoms with E-state index in [1.165, 1.54) is 0 Å². The summed E-state index contributed by atoms with van der Waals surface area (Å²) in [5.41, 5.74) is 0.679. The number of urea groups is 1. The normalized spacial score (nSPS) is 22.1. The van der Waals surface area contributed by atoms with E-state index in [4.69, 9.17) is 4.74 Å². The molecule has 1 aliphatic carbocycles. The van der Waals surface area contributed by atoms with Crippen molar-refractivity contribution in [2.75, 3.05) is 12.4 Å². The first kappa shape index (κ1) is 15.1. The first-order chi connectivity index (χ1) is 9.58. The zero-order chi connectivity index (χ0) is 14.5. The summed E-state index contributed by atoms with van der Waals surface area (Å²) in [6.45, 7) is 0. The number of carbonyl (C=O) groups is 1. The molecule has 20 heavy (non-hydrogen) atoms. The van der Waals surface area contributed by atoms with E-state index >= 15 is 0 Å². The Morgan fingerprint density at radius 1 is 1.35 bits per heavy atom. The minimum Gasteiger partial charge on any atom is -0.495 e. The molecule has 0 bridgehead atoms. The van der Waals surface area contributed by atoms with Gasteiger partial charge in [-0.05, 0) is 53.7 Å². The summed E-state index contributed by atoms with van der Waals surface area (Å²) in [4.78, 5) is 11.9. The van der Waals surface area contributed by atoms with Crippen LogP contribution in [0.4, 0.5) is 10.5 Å². The predicted molar refractivity (Wildman–Crippen MR) is 81.1 cm³/mol. The van der Waals surface area contributed by atoms with Crippen molar-refractivity contribution in [3.05, 3.63) is 22.7 Å². The molecular formula is C14H19BrN2O3. The Morgan fingerprint density at radius 2 is 2.05 bits per heavy atom. The first-order valence-electron chi connectivity index (χ1n) is 6.67. The average molecular weight is 343 g/mol. The zero-order valence-electron chi connectivity index (χ0n) is 11.4. The van der Waals surface area contributed by atoms with Crippen LogP contribution in [0.5, 0.6) is 5.75 Å². The maximum atomic E-state index is 11.9. The summed E-state index contributed by atoms with van der Waals surface area (Å²) < 4.78 is 6.02. The largest absolute Gasteiger partial charge is 0.495 e. The highest BCUT2D eigenvalue weighted by Crippen LogP contribution is 2.27. The van der Waals surface area contributed by atoms with Gasteiger partial charge in [0.05, 0.1) is 17.7 Å². The fraction of sp³-hybridized carbons (Fsp3) is 0.500. The van der Waals surface area contributed by atoms with Crippen molar-refractivity contribution >= 4 is 27.6 Å². The summed E-state index contributed by atoms with van der Waals surface area (Å²) in [6.07, 6.45) is 2.91. The van der Waals surface area contributed by atoms with Gasteiger partial charge in [0.15, 0.2) is 0 Å². The molecule has 1 saturated carbocycles. The van der Waals surface area contributed by atoms with Crippen molar-refractivity contribution in [1.29, 1.82) is 0 Å². The molecule has 1 fully saturated rings. The van der Waals surface area contributed by atoms with Gasteiger partial charge in [-0.25, -0.2) is 4.79 Å². The first-order valence-corrected chi connectivity index (χ1v) is 7.47. The van der Waals surface area contributed by atoms with Gasteiger partial charge in [0.1, 0.15) is 5.75 Å². The van der Waals surface area contributed by atoms with Crippen molar-refractivity contribution in [2.45, 2.75) is 37.8 Å². The number of halogens is 1. The maximum absolute atomic E-state index is 11.9. The SMILES string of the molecule is COc1cc(NC(=O)NC2CCC(O)CC2)ccc1Br. The Labute approximate surface area is 126 Å². The lowest BCUT2D eigenvalue weighted by Gasteiger charge is -2.26. The van der Waals surface area contributed by atoms with E-state index in [1.807, 2.05) is 6.07 Å². The van der Waals surface area contributed by atoms with E-state index in [1.54, 1.807) is 19.2 Å². The lowest BCUT2D eigenvalue weighted by molar-refractivity contribution is 0.118. The Hall–Kier alpha value is -1.27. The molecule has 0 heterocycles. The third kappa shape index (κ3) is 4.11. The second-order valence-corrected chi connectivity index (χ2v) is 5.81. The van der Waals surface area contributed by atoms with Gasteiger partial charge in [-0.1, -0.05) is 0 Å². The Balaban J connectivity index is 1.88. The lowest BCUT2D eigenvalue weighted by atomic mass is 9.93. The molecule has 1 aromatic rings. The molecule has 0 aromatic heterocycles. The fourth-order valence-corrected chi connectivity index (χ4v) is 2.72. The van der Waals surface area contributed by atoms with Crippen molar-refractivity contribution in [3.63, 3.8) is 0 Å². The minimum absolute atomic E-state index is 0.135. The Kier molecular flexibility index (Phi) is 5.25. The van der Waals surface area contributed by atoms with E-state index in [-0.39, 0.29) is 18.2 Å². The lowest BCUT2D eigenvalue weighted by Crippen LogP contribution is -2.40. The van der Waals surface area contributed by atoms with Gasteiger partial charge in [-0.2, -0.15) is 0 Å². The van der Waals surface area contributed by atoms with E-state index in [0.717, 1.165) is 30.2 Å². The number of carbonyl (C=O) groups excluding carboxylic acids is 1. The second kappa shape index (κ2) is 6.95. The monoisotopic (exact) mass is 342 g/mol. The average Bonchev–Trinajstić information content (AvgIpc) is 2.43. The molecule has 5 nitrogen and oxygen atoms in total. The Bertz CT molecular complexity index is 473. The number of rotatable bonds is 3. The molecule has 0 aliphatic heterocycles. The number of aliphatic hydroxyl groups excluding tert-OH is 1. The van der Waals surface area contributed by atoms with Crippen molar-refractivity contribution in [1.82, 2.24) is 5.32 Å². The predicted octanol–water partition coefficient (Wildman–Crippen LogP) is 2.88. The van der Waals surface area contributed by atoms with Crippen molar-refractivity contribution < 1.29 is 14.6 Å². The van der Waals surface area contributed by atoms with Crippen LogP contribution in [0.2, 0.25) is 0 Å². The summed E-state index contributed by atoms with van der Waals surface area (Å²) in [5.74, 6) is 0.670. The summed E-state index contributed by atoms with van der Waals surface area (Å²) in [6, 6.07) is 5.29. The van der Waals surface area contributed by atoms with Crippen LogP contribution >= 0.6 is 15.9 Å². The van der Waals surface area contributed by atoms with Crippen molar-refractivity contribution in [2.24, 2.45) is 0 Å². The van der Waals surface area contributed by atoms with Gasteiger partial charge < -0.3 is 20.5 Å². The standard InChI is InChI=1S/C14H19BrN2O3/c1-20-13-8-10(4-7-12(13)15)17-14(19)16-9-2-5-11(18)6-3-9/h4,7-9,11,18H,2-3,5-6H2,1H3,(H2,16,17,19). The number of nitrogens with one attached hydrogen (secondary N) is 2. The fourth-order valence-electron chi connectivity index (χ4n) is 2.31. The van der Waals surface area contributed by atoms with Crippen LogP contribution in [0.15, 0.2) is 22.7 Å². The maximum Gasteiger partial charge on any atom is 0.319 e. The number of hydrogen-bond donors (Lipinski definition) is 3. The van der Waals surface area contributed by atoms with Crippen LogP contribution in [-0.4, -0.2) is 30.4 Å². The number of ether oxygens (including phenoxy) is 1. The second-order valence-electron chi connectivity index (χ2n) is 4.95. The molecule has 2 rings (SSSR count). The van der Waals surface area contributed by atoms with Gasteiger partial charge in [-0.3, -0.25) is 0 Å². The number of aliphatic hydroxyl groups is 1. The highest BCUT2D eigenvalue weighted by Gasteiger charge is 2.20. The van der Waals surface area contributed by atoms with Crippen LogP contribution in [-0.2, 0) is 0 Å². The van der Waals surface area contributed by atoms with E-state index in [9.17, 15) is 9.90 Å². The van der Waals surface area contributed by atoms with Crippen molar-refractivity contribution in [3.8, 4) is 5.75 Å². The third-order valence-electron chi connectivity index (χ3n) is 3.44. The molecule has 2 amide bonds. The Morgan fingerprint density at radius 3 is 2.70 bits per heavy atom. The molecule has 1 aliphatic rings. The molecule has 0 spiro atoms. The van der Waals surface area contributed by atoms with Gasteiger partial charge in [0.2, 0.25) is 0 Å². The quantitative estimate of drug-likeness (QED) is 0.790. The van der Waals surface area contributed by atoms with Crippen LogP contribution in [0.25, 0.3) is 0 Å². The molecule has 0 atom stereocenters. The van der Waals surface area contributed by atoms with E-state index in [2.05, 4.69) is 26.6 Å². The van der Waals surface area contributed by atoms with Gasteiger partial charge >= 0.3 is 6.03 Å². The number of amides is 2. The molecule has 110 valence electrons. The number of methoxy groups -OCH3 is 1. The molecule has 0 saturated heterocycles. The molecule has 1 aromatic carbocycles. The molecule has 3 N–H and O–H groups in total. The number of hydrogen-bond acceptors (Lipinski definition) is 3. The third-order valence-corrected chi connectivity index (χ3v) is 4.10. The molecule has 0 radical (unpaired) electrons. The molecule has 6 heteroatoms. The number of anilines is 1. The van der Waals surface area contributed by atoms with Crippen LogP contribution in [0, 0.1) is 0 Å². The smallest absolute Gasteiger partial charge is 0.319 e.